The average molecular weight is 371 g/mol. The number of nitrogens with zero attached hydrogens (tertiary/aromatic N) is 1. The summed E-state index contributed by atoms with van der Waals surface area (Å²) in [6.07, 6.45) is 13.4. The standard InChI is InChI=1S/C22H29NO4/c1-2-3-4-5-6-7-11-19(24)13-12-17-9-8-10-18(23-17)16-20-14-15-21(25)22(26)27-20/h6-10,12-13,19-20,24H,2-5,11,14-16H2,1H3. The second-order valence-corrected chi connectivity index (χ2v) is 6.88. The van der Waals surface area contributed by atoms with Crippen molar-refractivity contribution in [3.63, 3.8) is 0 Å². The van der Waals surface area contributed by atoms with Crippen molar-refractivity contribution in [3.8, 4) is 0 Å². The van der Waals surface area contributed by atoms with E-state index in [0.717, 1.165) is 17.8 Å². The number of rotatable bonds is 10. The Balaban J connectivity index is 1.81. The summed E-state index contributed by atoms with van der Waals surface area (Å²) >= 11 is 0. The molecule has 0 radical (unpaired) electrons. The largest absolute Gasteiger partial charge is 0.456 e. The maximum Gasteiger partial charge on any atom is 0.374 e. The molecule has 1 fully saturated rings. The lowest BCUT2D eigenvalue weighted by Crippen LogP contribution is -2.32. The highest BCUT2D eigenvalue weighted by molar-refractivity contribution is 6.34. The lowest BCUT2D eigenvalue weighted by molar-refractivity contribution is -0.162. The lowest BCUT2D eigenvalue weighted by atomic mass is 10.0. The van der Waals surface area contributed by atoms with Crippen LogP contribution in [0.4, 0.5) is 0 Å². The quantitative estimate of drug-likeness (QED) is 0.293. The van der Waals surface area contributed by atoms with E-state index >= 15 is 0 Å². The molecule has 1 aromatic rings. The van der Waals surface area contributed by atoms with E-state index in [1.807, 2.05) is 24.3 Å². The van der Waals surface area contributed by atoms with Crippen LogP contribution in [0, 0.1) is 0 Å². The van der Waals surface area contributed by atoms with Gasteiger partial charge in [0.25, 0.3) is 0 Å². The topological polar surface area (TPSA) is 76.5 Å². The molecule has 5 nitrogen and oxygen atoms in total. The van der Waals surface area contributed by atoms with Crippen molar-refractivity contribution in [3.05, 3.63) is 47.8 Å². The van der Waals surface area contributed by atoms with E-state index in [9.17, 15) is 14.7 Å². The van der Waals surface area contributed by atoms with Crippen molar-refractivity contribution in [2.24, 2.45) is 0 Å². The fourth-order valence-electron chi connectivity index (χ4n) is 2.91. The van der Waals surface area contributed by atoms with E-state index < -0.39 is 17.9 Å². The van der Waals surface area contributed by atoms with Crippen LogP contribution < -0.4 is 0 Å². The van der Waals surface area contributed by atoms with E-state index in [1.165, 1.54) is 19.3 Å². The number of cyclic esters (lactones) is 1. The minimum absolute atomic E-state index is 0.237. The number of carbonyl (C=O) groups excluding carboxylic acids is 2. The summed E-state index contributed by atoms with van der Waals surface area (Å²) in [5.74, 6) is -1.20. The first-order valence-corrected chi connectivity index (χ1v) is 9.79. The molecule has 5 heteroatoms. The molecule has 2 atom stereocenters. The number of allylic oxidation sites excluding steroid dienone is 1. The Morgan fingerprint density at radius 1 is 1.30 bits per heavy atom. The Hall–Kier alpha value is -2.27. The van der Waals surface area contributed by atoms with Gasteiger partial charge in [0.1, 0.15) is 6.10 Å². The first kappa shape index (κ1) is 21.0. The zero-order valence-corrected chi connectivity index (χ0v) is 16.0. The molecule has 0 saturated carbocycles. The molecule has 1 aliphatic rings. The van der Waals surface area contributed by atoms with Crippen molar-refractivity contribution < 1.29 is 19.4 Å². The molecule has 1 aliphatic heterocycles. The number of unbranched alkanes of at least 4 members (excludes halogenated alkanes) is 3. The zero-order valence-electron chi connectivity index (χ0n) is 16.0. The second-order valence-electron chi connectivity index (χ2n) is 6.88. The predicted molar refractivity (Wildman–Crippen MR) is 105 cm³/mol. The fraction of sp³-hybridized carbons (Fsp3) is 0.500. The molecule has 0 bridgehead atoms. The number of aliphatic hydroxyl groups is 1. The monoisotopic (exact) mass is 371 g/mol. The number of pyridine rings is 1. The molecule has 1 saturated heterocycles. The number of hydrogen-bond donors (Lipinski definition) is 1. The third-order valence-electron chi connectivity index (χ3n) is 4.47. The molecule has 0 spiro atoms. The molecule has 0 amide bonds. The zero-order chi connectivity index (χ0) is 19.5. The molecule has 1 aromatic heterocycles. The Labute approximate surface area is 161 Å². The number of hydrogen-bond acceptors (Lipinski definition) is 5. The summed E-state index contributed by atoms with van der Waals surface area (Å²) in [5.41, 5.74) is 1.55. The van der Waals surface area contributed by atoms with Crippen LogP contribution in [0.15, 0.2) is 36.4 Å². The first-order chi connectivity index (χ1) is 13.1. The molecule has 27 heavy (non-hydrogen) atoms. The van der Waals surface area contributed by atoms with Crippen molar-refractivity contribution in [1.29, 1.82) is 0 Å². The van der Waals surface area contributed by atoms with Crippen LogP contribution in [0.3, 0.4) is 0 Å². The Morgan fingerprint density at radius 2 is 2.15 bits per heavy atom. The van der Waals surface area contributed by atoms with Gasteiger partial charge in [0.05, 0.1) is 11.8 Å². The van der Waals surface area contributed by atoms with E-state index in [1.54, 1.807) is 12.2 Å². The van der Waals surface area contributed by atoms with Crippen LogP contribution in [0.1, 0.15) is 63.3 Å². The number of Topliss-reactive ketones (excluding diaryl/α,β-unsaturated/α-hetero) is 1. The highest BCUT2D eigenvalue weighted by Gasteiger charge is 2.28. The number of aromatic nitrogens is 1. The summed E-state index contributed by atoms with van der Waals surface area (Å²) in [4.78, 5) is 27.1. The smallest absolute Gasteiger partial charge is 0.374 e. The highest BCUT2D eigenvalue weighted by Crippen LogP contribution is 2.16. The third-order valence-corrected chi connectivity index (χ3v) is 4.47. The van der Waals surface area contributed by atoms with E-state index in [0.29, 0.717) is 19.3 Å². The van der Waals surface area contributed by atoms with Crippen molar-refractivity contribution in [2.45, 2.75) is 70.5 Å². The summed E-state index contributed by atoms with van der Waals surface area (Å²) in [5, 5.41) is 10.0. The summed E-state index contributed by atoms with van der Waals surface area (Å²) < 4.78 is 5.13. The van der Waals surface area contributed by atoms with Crippen LogP contribution in [0.5, 0.6) is 0 Å². The molecule has 2 unspecified atom stereocenters. The summed E-state index contributed by atoms with van der Waals surface area (Å²) in [6.45, 7) is 2.18. The van der Waals surface area contributed by atoms with Crippen LogP contribution in [-0.2, 0) is 20.7 Å². The van der Waals surface area contributed by atoms with Gasteiger partial charge in [0, 0.05) is 18.5 Å². The van der Waals surface area contributed by atoms with Gasteiger partial charge in [-0.3, -0.25) is 9.78 Å². The van der Waals surface area contributed by atoms with Crippen molar-refractivity contribution >= 4 is 17.8 Å². The summed E-state index contributed by atoms with van der Waals surface area (Å²) in [6, 6.07) is 5.62. The Bertz CT molecular complexity index is 681. The van der Waals surface area contributed by atoms with Crippen molar-refractivity contribution in [1.82, 2.24) is 4.98 Å². The van der Waals surface area contributed by atoms with Crippen LogP contribution in [-0.4, -0.2) is 34.1 Å². The van der Waals surface area contributed by atoms with Gasteiger partial charge in [-0.25, -0.2) is 4.79 Å². The third kappa shape index (κ3) is 7.87. The van der Waals surface area contributed by atoms with E-state index in [-0.39, 0.29) is 12.5 Å². The van der Waals surface area contributed by atoms with Gasteiger partial charge in [-0.2, -0.15) is 0 Å². The molecule has 0 aromatic carbocycles. The second kappa shape index (κ2) is 11.4. The number of ether oxygens (including phenoxy) is 1. The van der Waals surface area contributed by atoms with Gasteiger partial charge in [-0.05, 0) is 43.9 Å². The number of carbonyl (C=O) groups is 2. The van der Waals surface area contributed by atoms with E-state index in [2.05, 4.69) is 18.0 Å². The molecule has 2 heterocycles. The van der Waals surface area contributed by atoms with Crippen LogP contribution in [0.25, 0.3) is 6.08 Å². The maximum absolute atomic E-state index is 11.4. The average Bonchev–Trinajstić information content (AvgIpc) is 2.66. The van der Waals surface area contributed by atoms with Crippen LogP contribution >= 0.6 is 0 Å². The highest BCUT2D eigenvalue weighted by atomic mass is 16.5. The SMILES string of the molecule is CCCCCC=CCC(O)C=Cc1cccc(CC2CCC(=O)C(=O)O2)n1. The minimum atomic E-state index is -0.742. The fourth-order valence-corrected chi connectivity index (χ4v) is 2.91. The minimum Gasteiger partial charge on any atom is -0.456 e. The molecule has 2 rings (SSSR count). The number of esters is 1. The predicted octanol–water partition coefficient (Wildman–Crippen LogP) is 3.80. The summed E-state index contributed by atoms with van der Waals surface area (Å²) in [7, 11) is 0. The molecule has 1 N–H and O–H groups in total. The molecular weight excluding hydrogens is 342 g/mol. The van der Waals surface area contributed by atoms with Crippen LogP contribution in [0.2, 0.25) is 0 Å². The van der Waals surface area contributed by atoms with Gasteiger partial charge in [0.15, 0.2) is 0 Å². The lowest BCUT2D eigenvalue weighted by Gasteiger charge is -2.21. The molecule has 146 valence electrons. The number of ketones is 1. The number of aliphatic hydroxyl groups excluding tert-OH is 1. The van der Waals surface area contributed by atoms with Gasteiger partial charge in [-0.1, -0.05) is 44.1 Å². The van der Waals surface area contributed by atoms with Gasteiger partial charge < -0.3 is 9.84 Å². The first-order valence-electron chi connectivity index (χ1n) is 9.79. The van der Waals surface area contributed by atoms with Gasteiger partial charge >= 0.3 is 5.97 Å². The Kier molecular flexibility index (Phi) is 8.92. The maximum atomic E-state index is 11.4. The van der Waals surface area contributed by atoms with Crippen molar-refractivity contribution in [2.75, 3.05) is 0 Å². The van der Waals surface area contributed by atoms with E-state index in [4.69, 9.17) is 4.74 Å². The molecular formula is C22H29NO4. The van der Waals surface area contributed by atoms with Gasteiger partial charge in [0.2, 0.25) is 5.78 Å². The Morgan fingerprint density at radius 3 is 2.93 bits per heavy atom. The van der Waals surface area contributed by atoms with Gasteiger partial charge in [-0.15, -0.1) is 0 Å². The molecule has 0 aliphatic carbocycles. The normalized spacial score (nSPS) is 19.0.